The normalized spacial score (nSPS) is 12.1. The zero-order valence-electron chi connectivity index (χ0n) is 9.35. The highest BCUT2D eigenvalue weighted by atomic mass is 35.5. The number of hydrogen-bond acceptors (Lipinski definition) is 3. The van der Waals surface area contributed by atoms with Crippen LogP contribution >= 0.6 is 23.4 Å². The summed E-state index contributed by atoms with van der Waals surface area (Å²) in [6.07, 6.45) is 0.508. The van der Waals surface area contributed by atoms with Gasteiger partial charge in [0.1, 0.15) is 5.25 Å². The molecule has 1 aromatic rings. The molecule has 0 amide bonds. The van der Waals surface area contributed by atoms with Gasteiger partial charge in [-0.3, -0.25) is 9.59 Å². The van der Waals surface area contributed by atoms with Crippen LogP contribution in [0, 0.1) is 0 Å². The third-order valence-electron chi connectivity index (χ3n) is 2.23. The summed E-state index contributed by atoms with van der Waals surface area (Å²) in [4.78, 5) is 22.5. The van der Waals surface area contributed by atoms with E-state index >= 15 is 0 Å². The van der Waals surface area contributed by atoms with Crippen molar-refractivity contribution in [1.29, 1.82) is 0 Å². The number of benzene rings is 1. The van der Waals surface area contributed by atoms with Crippen molar-refractivity contribution < 1.29 is 14.7 Å². The molecule has 0 saturated heterocycles. The average Bonchev–Trinajstić information content (AvgIpc) is 2.30. The molecule has 92 valence electrons. The SMILES string of the molecule is CCC(SCC(=O)c1ccc(Cl)cc1)C(=O)O. The molecule has 5 heteroatoms. The summed E-state index contributed by atoms with van der Waals surface area (Å²) in [7, 11) is 0. The number of aliphatic carboxylic acids is 1. The molecule has 0 aromatic heterocycles. The Morgan fingerprint density at radius 1 is 1.35 bits per heavy atom. The predicted octanol–water partition coefficient (Wildman–Crippen LogP) is 3.12. The van der Waals surface area contributed by atoms with Gasteiger partial charge < -0.3 is 5.11 Å². The molecule has 0 aliphatic heterocycles. The molecule has 1 rings (SSSR count). The Kier molecular flexibility index (Phi) is 5.51. The number of carboxylic acid groups (broad SMARTS) is 1. The van der Waals surface area contributed by atoms with Gasteiger partial charge in [0.15, 0.2) is 5.78 Å². The number of ketones is 1. The van der Waals surface area contributed by atoms with Crippen LogP contribution in [0.3, 0.4) is 0 Å². The van der Waals surface area contributed by atoms with Gasteiger partial charge in [0.05, 0.1) is 5.75 Å². The number of carbonyl (C=O) groups is 2. The van der Waals surface area contributed by atoms with E-state index in [2.05, 4.69) is 0 Å². The minimum absolute atomic E-state index is 0.0774. The van der Waals surface area contributed by atoms with E-state index in [-0.39, 0.29) is 11.5 Å². The summed E-state index contributed by atoms with van der Waals surface area (Å²) >= 11 is 6.87. The van der Waals surface area contributed by atoms with E-state index in [4.69, 9.17) is 16.7 Å². The topological polar surface area (TPSA) is 54.4 Å². The van der Waals surface area contributed by atoms with E-state index in [1.54, 1.807) is 31.2 Å². The van der Waals surface area contributed by atoms with Crippen LogP contribution in [0.25, 0.3) is 0 Å². The van der Waals surface area contributed by atoms with Crippen molar-refractivity contribution in [3.8, 4) is 0 Å². The number of halogens is 1. The quantitative estimate of drug-likeness (QED) is 0.809. The van der Waals surface area contributed by atoms with E-state index in [1.807, 2.05) is 0 Å². The van der Waals surface area contributed by atoms with E-state index in [9.17, 15) is 9.59 Å². The summed E-state index contributed by atoms with van der Waals surface area (Å²) in [6.45, 7) is 1.79. The van der Waals surface area contributed by atoms with Gasteiger partial charge in [0.2, 0.25) is 0 Å². The predicted molar refractivity (Wildman–Crippen MR) is 70.0 cm³/mol. The molecule has 1 atom stereocenters. The van der Waals surface area contributed by atoms with Crippen LogP contribution in [-0.2, 0) is 4.79 Å². The largest absolute Gasteiger partial charge is 0.480 e. The van der Waals surface area contributed by atoms with Crippen LogP contribution in [0.15, 0.2) is 24.3 Å². The summed E-state index contributed by atoms with van der Waals surface area (Å²) in [5.74, 6) is -0.778. The Bertz CT molecular complexity index is 403. The number of carboxylic acids is 1. The molecule has 0 saturated carbocycles. The maximum atomic E-state index is 11.7. The zero-order valence-corrected chi connectivity index (χ0v) is 10.9. The molecule has 1 aromatic carbocycles. The van der Waals surface area contributed by atoms with Gasteiger partial charge in [0, 0.05) is 10.6 Å². The van der Waals surface area contributed by atoms with E-state index in [1.165, 1.54) is 0 Å². The van der Waals surface area contributed by atoms with Gasteiger partial charge in [-0.25, -0.2) is 0 Å². The molecule has 0 aliphatic carbocycles. The summed E-state index contributed by atoms with van der Waals surface area (Å²) in [5.41, 5.74) is 0.558. The van der Waals surface area contributed by atoms with Gasteiger partial charge in [-0.1, -0.05) is 18.5 Å². The van der Waals surface area contributed by atoms with Crippen molar-refractivity contribution in [1.82, 2.24) is 0 Å². The van der Waals surface area contributed by atoms with Crippen LogP contribution in [0.4, 0.5) is 0 Å². The van der Waals surface area contributed by atoms with E-state index in [0.717, 1.165) is 11.8 Å². The molecule has 3 nitrogen and oxygen atoms in total. The monoisotopic (exact) mass is 272 g/mol. The van der Waals surface area contributed by atoms with E-state index in [0.29, 0.717) is 17.0 Å². The minimum atomic E-state index is -0.874. The van der Waals surface area contributed by atoms with Gasteiger partial charge in [0.25, 0.3) is 0 Å². The van der Waals surface area contributed by atoms with Gasteiger partial charge >= 0.3 is 5.97 Å². The molecule has 0 bridgehead atoms. The Morgan fingerprint density at radius 3 is 2.41 bits per heavy atom. The number of hydrogen-bond donors (Lipinski definition) is 1. The molecule has 0 heterocycles. The second-order valence-electron chi connectivity index (χ2n) is 3.48. The Morgan fingerprint density at radius 2 is 1.94 bits per heavy atom. The third kappa shape index (κ3) is 4.40. The van der Waals surface area contributed by atoms with Crippen LogP contribution in [0.2, 0.25) is 5.02 Å². The van der Waals surface area contributed by atoms with Crippen LogP contribution < -0.4 is 0 Å². The summed E-state index contributed by atoms with van der Waals surface area (Å²) in [5, 5.41) is 8.90. The molecular weight excluding hydrogens is 260 g/mol. The number of rotatable bonds is 6. The first-order chi connectivity index (χ1) is 8.04. The van der Waals surface area contributed by atoms with Gasteiger partial charge in [-0.15, -0.1) is 11.8 Å². The molecular formula is C12H13ClO3S. The van der Waals surface area contributed by atoms with Gasteiger partial charge in [-0.2, -0.15) is 0 Å². The van der Waals surface area contributed by atoms with E-state index < -0.39 is 11.2 Å². The molecule has 17 heavy (non-hydrogen) atoms. The number of thioether (sulfide) groups is 1. The molecule has 1 unspecified atom stereocenters. The lowest BCUT2D eigenvalue weighted by molar-refractivity contribution is -0.136. The second-order valence-corrected chi connectivity index (χ2v) is 5.10. The lowest BCUT2D eigenvalue weighted by atomic mass is 10.1. The fourth-order valence-electron chi connectivity index (χ4n) is 1.26. The van der Waals surface area contributed by atoms with Crippen molar-refractivity contribution >= 4 is 35.1 Å². The smallest absolute Gasteiger partial charge is 0.316 e. The Labute approximate surface area is 109 Å². The highest BCUT2D eigenvalue weighted by Crippen LogP contribution is 2.17. The average molecular weight is 273 g/mol. The molecule has 0 spiro atoms. The number of carbonyl (C=O) groups excluding carboxylic acids is 1. The highest BCUT2D eigenvalue weighted by molar-refractivity contribution is 8.01. The molecule has 0 fully saturated rings. The maximum absolute atomic E-state index is 11.7. The van der Waals surface area contributed by atoms with Crippen molar-refractivity contribution in [2.75, 3.05) is 5.75 Å². The van der Waals surface area contributed by atoms with Gasteiger partial charge in [-0.05, 0) is 30.7 Å². The first kappa shape index (κ1) is 14.1. The lowest BCUT2D eigenvalue weighted by Gasteiger charge is -2.08. The lowest BCUT2D eigenvalue weighted by Crippen LogP contribution is -2.17. The maximum Gasteiger partial charge on any atom is 0.316 e. The van der Waals surface area contributed by atoms with Crippen LogP contribution in [0.1, 0.15) is 23.7 Å². The highest BCUT2D eigenvalue weighted by Gasteiger charge is 2.17. The fourth-order valence-corrected chi connectivity index (χ4v) is 2.28. The summed E-state index contributed by atoms with van der Waals surface area (Å²) < 4.78 is 0. The Balaban J connectivity index is 2.55. The summed E-state index contributed by atoms with van der Waals surface area (Å²) in [6, 6.07) is 6.59. The van der Waals surface area contributed by atoms with Crippen molar-refractivity contribution in [2.24, 2.45) is 0 Å². The Hall–Kier alpha value is -1.00. The minimum Gasteiger partial charge on any atom is -0.480 e. The third-order valence-corrected chi connectivity index (χ3v) is 3.85. The first-order valence-corrected chi connectivity index (χ1v) is 6.60. The van der Waals surface area contributed by atoms with Crippen molar-refractivity contribution in [2.45, 2.75) is 18.6 Å². The molecule has 0 radical (unpaired) electrons. The second kappa shape index (κ2) is 6.67. The standard InChI is InChI=1S/C12H13ClO3S/c1-2-11(12(15)16)17-7-10(14)8-3-5-9(13)6-4-8/h3-6,11H,2,7H2,1H3,(H,15,16). The van der Waals surface area contributed by atoms with Crippen LogP contribution in [0.5, 0.6) is 0 Å². The zero-order chi connectivity index (χ0) is 12.8. The van der Waals surface area contributed by atoms with Crippen molar-refractivity contribution in [3.63, 3.8) is 0 Å². The number of Topliss-reactive ketones (excluding diaryl/α,β-unsaturated/α-hetero) is 1. The molecule has 1 N–H and O–H groups in total. The first-order valence-electron chi connectivity index (χ1n) is 5.17. The van der Waals surface area contributed by atoms with Crippen molar-refractivity contribution in [3.05, 3.63) is 34.9 Å². The van der Waals surface area contributed by atoms with Crippen LogP contribution in [-0.4, -0.2) is 27.9 Å². The fraction of sp³-hybridized carbons (Fsp3) is 0.333. The molecule has 0 aliphatic rings.